The van der Waals surface area contributed by atoms with E-state index < -0.39 is 10.4 Å². The number of rotatable bonds is 0. The van der Waals surface area contributed by atoms with E-state index >= 15 is 0 Å². The molecule has 0 aliphatic heterocycles. The standard InChI is InChI=1S/C11H10B4N2/c12-10(13)6-3-7(11(10,14)15)5-2-9(17)8(16)1-4(5)6/h1-2,6-7H,3,16-17H2. The minimum atomic E-state index is -1.10. The van der Waals surface area contributed by atoms with Crippen LogP contribution in [0.5, 0.6) is 0 Å². The van der Waals surface area contributed by atoms with E-state index in [0.717, 1.165) is 17.5 Å². The molecule has 0 aromatic heterocycles. The summed E-state index contributed by atoms with van der Waals surface area (Å²) in [5.41, 5.74) is 14.8. The van der Waals surface area contributed by atoms with Crippen LogP contribution >= 0.6 is 0 Å². The van der Waals surface area contributed by atoms with E-state index in [1.807, 2.05) is 12.1 Å². The van der Waals surface area contributed by atoms with Crippen LogP contribution in [0.4, 0.5) is 11.4 Å². The molecule has 1 fully saturated rings. The van der Waals surface area contributed by atoms with Gasteiger partial charge in [0.05, 0.1) is 42.8 Å². The predicted molar refractivity (Wildman–Crippen MR) is 73.8 cm³/mol. The quantitative estimate of drug-likeness (QED) is 0.482. The van der Waals surface area contributed by atoms with E-state index in [9.17, 15) is 0 Å². The fourth-order valence-corrected chi connectivity index (χ4v) is 3.27. The summed E-state index contributed by atoms with van der Waals surface area (Å²) in [6.45, 7) is 0. The average molecular weight is 213 g/mol. The van der Waals surface area contributed by atoms with Crippen molar-refractivity contribution in [2.45, 2.75) is 28.7 Å². The highest BCUT2D eigenvalue weighted by molar-refractivity contribution is 6.55. The Bertz CT molecular complexity index is 467. The molecule has 17 heavy (non-hydrogen) atoms. The van der Waals surface area contributed by atoms with Gasteiger partial charge >= 0.3 is 0 Å². The second-order valence-electron chi connectivity index (χ2n) is 5.32. The Morgan fingerprint density at radius 2 is 1.24 bits per heavy atom. The van der Waals surface area contributed by atoms with Crippen molar-refractivity contribution in [1.82, 2.24) is 0 Å². The molecule has 6 heteroatoms. The van der Waals surface area contributed by atoms with E-state index in [-0.39, 0.29) is 11.8 Å². The predicted octanol–water partition coefficient (Wildman–Crippen LogP) is 0.342. The number of benzene rings is 1. The van der Waals surface area contributed by atoms with E-state index in [0.29, 0.717) is 11.4 Å². The second kappa shape index (κ2) is 2.90. The highest BCUT2D eigenvalue weighted by Crippen LogP contribution is 2.74. The highest BCUT2D eigenvalue weighted by Gasteiger charge is 2.58. The maximum absolute atomic E-state index is 6.10. The summed E-state index contributed by atoms with van der Waals surface area (Å²) in [5, 5.41) is -2.21. The fourth-order valence-electron chi connectivity index (χ4n) is 3.27. The fraction of sp³-hybridized carbons (Fsp3) is 0.455. The van der Waals surface area contributed by atoms with Crippen LogP contribution < -0.4 is 11.5 Å². The lowest BCUT2D eigenvalue weighted by Gasteiger charge is -2.48. The van der Waals surface area contributed by atoms with Gasteiger partial charge in [-0.05, 0) is 41.5 Å². The maximum Gasteiger partial charge on any atom is 0.0616 e. The Kier molecular flexibility index (Phi) is 1.91. The molecule has 76 valence electrons. The van der Waals surface area contributed by atoms with Gasteiger partial charge in [-0.1, -0.05) is 0 Å². The summed E-state index contributed by atoms with van der Waals surface area (Å²) in [5.74, 6) is -0.110. The Morgan fingerprint density at radius 1 is 0.882 bits per heavy atom. The number of fused-ring (bicyclic) bond motifs is 5. The van der Waals surface area contributed by atoms with Crippen molar-refractivity contribution in [3.05, 3.63) is 23.3 Å². The van der Waals surface area contributed by atoms with Crippen LogP contribution in [0.15, 0.2) is 12.1 Å². The van der Waals surface area contributed by atoms with Crippen molar-refractivity contribution in [2.24, 2.45) is 0 Å². The summed E-state index contributed by atoms with van der Waals surface area (Å²) in [6, 6.07) is 3.69. The molecule has 1 aromatic carbocycles. The number of anilines is 2. The van der Waals surface area contributed by atoms with Crippen LogP contribution in [-0.2, 0) is 0 Å². The molecule has 0 saturated heterocycles. The Labute approximate surface area is 107 Å². The SMILES string of the molecule is [B]C1([B])C2CC(c3cc(N)c(N)cc32)C1([B])[B]. The monoisotopic (exact) mass is 214 g/mol. The summed E-state index contributed by atoms with van der Waals surface area (Å²) >= 11 is 0. The van der Waals surface area contributed by atoms with Gasteiger partial charge in [-0.2, -0.15) is 0 Å². The molecule has 4 N–H and O–H groups in total. The Balaban J connectivity index is 2.24. The molecule has 3 rings (SSSR count). The molecule has 2 nitrogen and oxygen atoms in total. The number of nitrogens with two attached hydrogens (primary N) is 2. The smallest absolute Gasteiger partial charge is 0.0616 e. The van der Waals surface area contributed by atoms with Gasteiger partial charge in [0.25, 0.3) is 0 Å². The molecule has 0 heterocycles. The first-order chi connectivity index (χ1) is 7.76. The van der Waals surface area contributed by atoms with Crippen molar-refractivity contribution < 1.29 is 0 Å². The molecule has 8 radical (unpaired) electrons. The van der Waals surface area contributed by atoms with Gasteiger partial charge in [-0.25, -0.2) is 0 Å². The van der Waals surface area contributed by atoms with E-state index in [4.69, 9.17) is 42.9 Å². The molecule has 2 unspecified atom stereocenters. The maximum atomic E-state index is 6.10. The third kappa shape index (κ3) is 1.12. The zero-order chi connectivity index (χ0) is 12.6. The van der Waals surface area contributed by atoms with Crippen LogP contribution in [-0.4, -0.2) is 31.4 Å². The lowest BCUT2D eigenvalue weighted by Crippen LogP contribution is -2.36. The molecular weight excluding hydrogens is 203 g/mol. The molecule has 2 aliphatic rings. The second-order valence-corrected chi connectivity index (χ2v) is 5.32. The van der Waals surface area contributed by atoms with Gasteiger partial charge in [0.15, 0.2) is 0 Å². The van der Waals surface area contributed by atoms with Crippen molar-refractivity contribution >= 4 is 42.8 Å². The summed E-state index contributed by atoms with van der Waals surface area (Å²) in [7, 11) is 24.4. The lowest BCUT2D eigenvalue weighted by molar-refractivity contribution is 0.605. The van der Waals surface area contributed by atoms with Gasteiger partial charge in [-0.15, -0.1) is 10.4 Å². The molecule has 1 aromatic rings. The van der Waals surface area contributed by atoms with E-state index in [1.165, 1.54) is 0 Å². The minimum Gasteiger partial charge on any atom is -0.397 e. The third-order valence-corrected chi connectivity index (χ3v) is 4.41. The highest BCUT2D eigenvalue weighted by atomic mass is 14.7. The first-order valence-corrected chi connectivity index (χ1v) is 5.61. The summed E-state index contributed by atoms with van der Waals surface area (Å²) < 4.78 is 0. The molecule has 2 bridgehead atoms. The van der Waals surface area contributed by atoms with Crippen molar-refractivity contribution in [1.29, 1.82) is 0 Å². The first-order valence-electron chi connectivity index (χ1n) is 5.61. The number of hydrogen-bond donors (Lipinski definition) is 2. The van der Waals surface area contributed by atoms with Gasteiger partial charge in [0.1, 0.15) is 0 Å². The van der Waals surface area contributed by atoms with Gasteiger partial charge in [-0.3, -0.25) is 0 Å². The van der Waals surface area contributed by atoms with Crippen molar-refractivity contribution in [3.8, 4) is 0 Å². The van der Waals surface area contributed by atoms with Crippen molar-refractivity contribution in [3.63, 3.8) is 0 Å². The molecule has 2 aliphatic carbocycles. The largest absolute Gasteiger partial charge is 0.397 e. The minimum absolute atomic E-state index is 0.0552. The zero-order valence-corrected chi connectivity index (χ0v) is 9.48. The van der Waals surface area contributed by atoms with Gasteiger partial charge < -0.3 is 11.5 Å². The average Bonchev–Trinajstić information content (AvgIpc) is 2.64. The Morgan fingerprint density at radius 3 is 1.59 bits per heavy atom. The van der Waals surface area contributed by atoms with Crippen molar-refractivity contribution in [2.75, 3.05) is 11.5 Å². The zero-order valence-electron chi connectivity index (χ0n) is 9.48. The molecule has 1 saturated carbocycles. The van der Waals surface area contributed by atoms with Gasteiger partial charge in [0.2, 0.25) is 0 Å². The summed E-state index contributed by atoms with van der Waals surface area (Å²) in [6.07, 6.45) is 0.762. The lowest BCUT2D eigenvalue weighted by atomic mass is 9.26. The topological polar surface area (TPSA) is 52.0 Å². The molecule has 0 amide bonds. The van der Waals surface area contributed by atoms with E-state index in [2.05, 4.69) is 0 Å². The third-order valence-electron chi connectivity index (χ3n) is 4.41. The van der Waals surface area contributed by atoms with Crippen LogP contribution in [0.25, 0.3) is 0 Å². The molecule has 2 atom stereocenters. The number of nitrogen functional groups attached to an aromatic ring is 2. The van der Waals surface area contributed by atoms with Crippen LogP contribution in [0, 0.1) is 0 Å². The first kappa shape index (κ1) is 11.2. The molecular formula is C11H10B4N2. The van der Waals surface area contributed by atoms with Crippen LogP contribution in [0.3, 0.4) is 0 Å². The van der Waals surface area contributed by atoms with Crippen LogP contribution in [0.1, 0.15) is 29.4 Å². The van der Waals surface area contributed by atoms with Gasteiger partial charge in [0, 0.05) is 0 Å². The Hall–Kier alpha value is -0.920. The van der Waals surface area contributed by atoms with Crippen LogP contribution in [0.2, 0.25) is 10.4 Å². The van der Waals surface area contributed by atoms with E-state index in [1.54, 1.807) is 0 Å². The normalized spacial score (nSPS) is 31.3. The molecule has 0 spiro atoms. The number of hydrogen-bond acceptors (Lipinski definition) is 2. The summed E-state index contributed by atoms with van der Waals surface area (Å²) in [4.78, 5) is 0.